The summed E-state index contributed by atoms with van der Waals surface area (Å²) >= 11 is 3.32. The van der Waals surface area contributed by atoms with Gasteiger partial charge < -0.3 is 18.9 Å². The van der Waals surface area contributed by atoms with Gasteiger partial charge in [0.1, 0.15) is 6.61 Å². The minimum absolute atomic E-state index is 0.0152. The first kappa shape index (κ1) is 17.3. The molecule has 7 heteroatoms. The van der Waals surface area contributed by atoms with E-state index in [0.717, 1.165) is 5.56 Å². The Kier molecular flexibility index (Phi) is 4.58. The van der Waals surface area contributed by atoms with E-state index in [2.05, 4.69) is 15.9 Å². The molecular weight excluding hydrogens is 400 g/mol. The maximum Gasteiger partial charge on any atom is 0.274 e. The molecule has 1 saturated heterocycles. The molecule has 6 nitrogen and oxygen atoms in total. The zero-order valence-electron chi connectivity index (χ0n) is 14.4. The minimum atomic E-state index is -0.311. The van der Waals surface area contributed by atoms with Gasteiger partial charge in [-0.1, -0.05) is 30.3 Å². The maximum atomic E-state index is 13.1. The topological polar surface area (TPSA) is 60.8 Å². The van der Waals surface area contributed by atoms with E-state index in [0.29, 0.717) is 29.9 Å². The second kappa shape index (κ2) is 6.89. The minimum Gasteiger partial charge on any atom is -0.483 e. The molecule has 0 radical (unpaired) electrons. The molecule has 0 N–H and O–H groups in total. The van der Waals surface area contributed by atoms with Gasteiger partial charge >= 0.3 is 0 Å². The lowest BCUT2D eigenvalue weighted by Gasteiger charge is -2.38. The highest BCUT2D eigenvalue weighted by atomic mass is 79.9. The first-order valence-electron chi connectivity index (χ1n) is 8.62. The number of ether oxygens (including phenoxy) is 2. The summed E-state index contributed by atoms with van der Waals surface area (Å²) in [6, 6.07) is 9.54. The van der Waals surface area contributed by atoms with Gasteiger partial charge in [-0.3, -0.25) is 9.59 Å². The molecule has 4 rings (SSSR count). The number of rotatable bonds is 4. The van der Waals surface area contributed by atoms with Gasteiger partial charge in [0.2, 0.25) is 5.43 Å². The summed E-state index contributed by atoms with van der Waals surface area (Å²) in [6.07, 6.45) is 1.68. The standard InChI is InChI=1S/C19H19BrN2O4/c1-2-21-14-10-25-11-15(14)22-8-13(20)17(23)18(16(22)19(21)24)26-9-12-6-4-3-5-7-12/h3-8,14-15H,2,9-11H2,1H3/t14-,15+/m0/s1. The summed E-state index contributed by atoms with van der Waals surface area (Å²) in [7, 11) is 0. The summed E-state index contributed by atoms with van der Waals surface area (Å²) in [5.41, 5.74) is 0.931. The number of carbonyl (C=O) groups is 1. The van der Waals surface area contributed by atoms with Gasteiger partial charge in [-0.15, -0.1) is 0 Å². The Hall–Kier alpha value is -2.12. The molecule has 0 spiro atoms. The van der Waals surface area contributed by atoms with E-state index in [1.807, 2.05) is 41.8 Å². The van der Waals surface area contributed by atoms with Crippen molar-refractivity contribution in [2.75, 3.05) is 19.8 Å². The zero-order chi connectivity index (χ0) is 18.3. The van der Waals surface area contributed by atoms with E-state index in [9.17, 15) is 9.59 Å². The molecule has 0 bridgehead atoms. The molecule has 2 aromatic rings. The van der Waals surface area contributed by atoms with Gasteiger partial charge in [0.05, 0.1) is 29.8 Å². The predicted molar refractivity (Wildman–Crippen MR) is 99.5 cm³/mol. The largest absolute Gasteiger partial charge is 0.483 e. The predicted octanol–water partition coefficient (Wildman–Crippen LogP) is 2.61. The van der Waals surface area contributed by atoms with Crippen molar-refractivity contribution in [2.24, 2.45) is 0 Å². The van der Waals surface area contributed by atoms with Crippen LogP contribution < -0.4 is 10.2 Å². The number of benzene rings is 1. The van der Waals surface area contributed by atoms with E-state index < -0.39 is 0 Å². The Balaban J connectivity index is 1.80. The number of nitrogens with zero attached hydrogens (tertiary/aromatic N) is 2. The van der Waals surface area contributed by atoms with Gasteiger partial charge in [-0.2, -0.15) is 0 Å². The van der Waals surface area contributed by atoms with Crippen LogP contribution in [0.2, 0.25) is 0 Å². The highest BCUT2D eigenvalue weighted by Gasteiger charge is 2.44. The molecule has 1 fully saturated rings. The second-order valence-corrected chi connectivity index (χ2v) is 7.28. The van der Waals surface area contributed by atoms with Crippen LogP contribution in [0.3, 0.4) is 0 Å². The SMILES string of the molecule is CCN1C(=O)c2c(OCc3ccccc3)c(=O)c(Br)cn2[C@@H]2COC[C@@H]21. The van der Waals surface area contributed by atoms with Gasteiger partial charge in [0.25, 0.3) is 5.91 Å². The fourth-order valence-electron chi connectivity index (χ4n) is 3.67. The van der Waals surface area contributed by atoms with Crippen molar-refractivity contribution >= 4 is 21.8 Å². The Morgan fingerprint density at radius 2 is 1.92 bits per heavy atom. The summed E-state index contributed by atoms with van der Waals surface area (Å²) < 4.78 is 13.7. The van der Waals surface area contributed by atoms with Crippen molar-refractivity contribution in [2.45, 2.75) is 25.6 Å². The number of amides is 1. The second-order valence-electron chi connectivity index (χ2n) is 6.43. The van der Waals surface area contributed by atoms with Crippen LogP contribution in [0.1, 0.15) is 29.0 Å². The highest BCUT2D eigenvalue weighted by molar-refractivity contribution is 9.10. The molecule has 26 heavy (non-hydrogen) atoms. The van der Waals surface area contributed by atoms with Gasteiger partial charge in [-0.25, -0.2) is 0 Å². The van der Waals surface area contributed by atoms with Crippen LogP contribution in [-0.2, 0) is 11.3 Å². The number of pyridine rings is 1. The van der Waals surface area contributed by atoms with E-state index in [4.69, 9.17) is 9.47 Å². The lowest BCUT2D eigenvalue weighted by molar-refractivity contribution is 0.0567. The molecule has 136 valence electrons. The average molecular weight is 419 g/mol. The third-order valence-corrected chi connectivity index (χ3v) is 5.52. The van der Waals surface area contributed by atoms with Crippen LogP contribution in [0.5, 0.6) is 5.75 Å². The van der Waals surface area contributed by atoms with Crippen LogP contribution in [0.25, 0.3) is 0 Å². The smallest absolute Gasteiger partial charge is 0.274 e. The Bertz CT molecular complexity index is 896. The van der Waals surface area contributed by atoms with Crippen molar-refractivity contribution < 1.29 is 14.3 Å². The Morgan fingerprint density at radius 1 is 1.19 bits per heavy atom. The lowest BCUT2D eigenvalue weighted by atomic mass is 10.0. The number of halogens is 1. The summed E-state index contributed by atoms with van der Waals surface area (Å²) in [4.78, 5) is 27.6. The average Bonchev–Trinajstić information content (AvgIpc) is 3.13. The van der Waals surface area contributed by atoms with Crippen molar-refractivity contribution in [3.63, 3.8) is 0 Å². The molecule has 0 saturated carbocycles. The maximum absolute atomic E-state index is 13.1. The monoisotopic (exact) mass is 418 g/mol. The number of hydrogen-bond donors (Lipinski definition) is 0. The summed E-state index contributed by atoms with van der Waals surface area (Å²) in [5, 5.41) is 0. The van der Waals surface area contributed by atoms with Crippen LogP contribution in [-0.4, -0.2) is 41.2 Å². The zero-order valence-corrected chi connectivity index (χ0v) is 15.9. The van der Waals surface area contributed by atoms with Crippen molar-refractivity contribution in [3.05, 3.63) is 62.5 Å². The molecule has 0 aliphatic carbocycles. The van der Waals surface area contributed by atoms with Crippen LogP contribution in [0.15, 0.2) is 45.8 Å². The molecular formula is C19H19BrN2O4. The number of aromatic nitrogens is 1. The molecule has 1 aromatic heterocycles. The van der Waals surface area contributed by atoms with E-state index in [1.54, 1.807) is 11.1 Å². The summed E-state index contributed by atoms with van der Waals surface area (Å²) in [6.45, 7) is 3.74. The fraction of sp³-hybridized carbons (Fsp3) is 0.368. The van der Waals surface area contributed by atoms with Gasteiger partial charge in [0.15, 0.2) is 11.4 Å². The van der Waals surface area contributed by atoms with Crippen molar-refractivity contribution in [1.29, 1.82) is 0 Å². The molecule has 3 heterocycles. The fourth-order valence-corrected chi connectivity index (χ4v) is 4.07. The summed E-state index contributed by atoms with van der Waals surface area (Å²) in [5.74, 6) is -0.0936. The third-order valence-electron chi connectivity index (χ3n) is 4.96. The molecule has 1 amide bonds. The number of likely N-dealkylation sites (N-methyl/N-ethyl adjacent to an activating group) is 1. The first-order valence-corrected chi connectivity index (χ1v) is 9.41. The third kappa shape index (κ3) is 2.75. The van der Waals surface area contributed by atoms with Crippen molar-refractivity contribution in [1.82, 2.24) is 9.47 Å². The molecule has 2 aliphatic rings. The molecule has 1 aromatic carbocycles. The molecule has 2 atom stereocenters. The molecule has 0 unspecified atom stereocenters. The first-order chi connectivity index (χ1) is 12.6. The number of fused-ring (bicyclic) bond motifs is 3. The van der Waals surface area contributed by atoms with Gasteiger partial charge in [-0.05, 0) is 28.4 Å². The van der Waals surface area contributed by atoms with E-state index >= 15 is 0 Å². The normalized spacial score (nSPS) is 21.5. The van der Waals surface area contributed by atoms with Crippen LogP contribution >= 0.6 is 15.9 Å². The quantitative estimate of drug-likeness (QED) is 0.765. The molecule has 2 aliphatic heterocycles. The Labute approximate surface area is 159 Å². The number of carbonyl (C=O) groups excluding carboxylic acids is 1. The van der Waals surface area contributed by atoms with Crippen LogP contribution in [0.4, 0.5) is 0 Å². The van der Waals surface area contributed by atoms with Crippen molar-refractivity contribution in [3.8, 4) is 5.75 Å². The Morgan fingerprint density at radius 3 is 2.65 bits per heavy atom. The lowest BCUT2D eigenvalue weighted by Crippen LogP contribution is -2.51. The number of hydrogen-bond acceptors (Lipinski definition) is 4. The highest BCUT2D eigenvalue weighted by Crippen LogP contribution is 2.35. The van der Waals surface area contributed by atoms with E-state index in [-0.39, 0.29) is 35.8 Å². The van der Waals surface area contributed by atoms with Crippen LogP contribution in [0, 0.1) is 0 Å². The van der Waals surface area contributed by atoms with Gasteiger partial charge in [0, 0.05) is 12.7 Å². The van der Waals surface area contributed by atoms with E-state index in [1.165, 1.54) is 0 Å².